The van der Waals surface area contributed by atoms with Gasteiger partial charge in [-0.1, -0.05) is 0 Å². The van der Waals surface area contributed by atoms with Gasteiger partial charge < -0.3 is 9.88 Å². The molecule has 9 heteroatoms. The molecule has 2 aromatic heterocycles. The van der Waals surface area contributed by atoms with Crippen molar-refractivity contribution in [3.05, 3.63) is 17.7 Å². The average molecular weight is 295 g/mol. The smallest absolute Gasteiger partial charge is 0.329 e. The minimum atomic E-state index is -4.06. The number of fused-ring (bicyclic) bond motifs is 1. The Labute approximate surface area is 109 Å². The van der Waals surface area contributed by atoms with Gasteiger partial charge in [0.2, 0.25) is 5.28 Å². The number of rotatable bonds is 1. The number of alkyl halides is 4. The van der Waals surface area contributed by atoms with Crippen LogP contribution >= 0.6 is 11.6 Å². The van der Waals surface area contributed by atoms with Gasteiger partial charge in [0.05, 0.1) is 30.5 Å². The van der Waals surface area contributed by atoms with Crippen LogP contribution in [0.15, 0.2) is 12.4 Å². The van der Waals surface area contributed by atoms with E-state index in [0.717, 1.165) is 4.90 Å². The summed E-state index contributed by atoms with van der Waals surface area (Å²) in [5.41, 5.74) is 0.850. The largest absolute Gasteiger partial charge is 0.357 e. The molecule has 19 heavy (non-hydrogen) atoms. The minimum absolute atomic E-state index is 0.0777. The summed E-state index contributed by atoms with van der Waals surface area (Å²) in [7, 11) is 0. The van der Waals surface area contributed by atoms with E-state index >= 15 is 0 Å². The Morgan fingerprint density at radius 1 is 1.21 bits per heavy atom. The number of hydrogen-bond donors (Lipinski definition) is 1. The van der Waals surface area contributed by atoms with Crippen LogP contribution in [0.2, 0.25) is 5.28 Å². The number of halogens is 5. The van der Waals surface area contributed by atoms with Crippen LogP contribution < -0.4 is 4.90 Å². The molecule has 102 valence electrons. The lowest BCUT2D eigenvalue weighted by molar-refractivity contribution is -0.172. The summed E-state index contributed by atoms with van der Waals surface area (Å²) < 4.78 is 52.7. The second-order valence-corrected chi connectivity index (χ2v) is 4.68. The van der Waals surface area contributed by atoms with E-state index in [9.17, 15) is 17.6 Å². The maximum absolute atomic E-state index is 13.2. The Morgan fingerprint density at radius 2 is 1.84 bits per heavy atom. The van der Waals surface area contributed by atoms with Crippen molar-refractivity contribution in [1.29, 1.82) is 0 Å². The van der Waals surface area contributed by atoms with E-state index in [-0.39, 0.29) is 16.5 Å². The zero-order valence-electron chi connectivity index (χ0n) is 9.30. The highest BCUT2D eigenvalue weighted by Gasteiger charge is 2.63. The maximum Gasteiger partial charge on any atom is 0.329 e. The molecule has 0 aromatic carbocycles. The molecule has 0 amide bonds. The first-order valence-corrected chi connectivity index (χ1v) is 5.68. The van der Waals surface area contributed by atoms with Crippen molar-refractivity contribution in [1.82, 2.24) is 15.0 Å². The van der Waals surface area contributed by atoms with Gasteiger partial charge in [0.1, 0.15) is 5.52 Å². The summed E-state index contributed by atoms with van der Waals surface area (Å²) in [6.45, 7) is -2.12. The van der Waals surface area contributed by atoms with E-state index in [1.54, 1.807) is 0 Å². The van der Waals surface area contributed by atoms with Gasteiger partial charge in [0.15, 0.2) is 0 Å². The number of H-pyrrole nitrogens is 1. The Balaban J connectivity index is 2.05. The molecule has 1 aliphatic heterocycles. The van der Waals surface area contributed by atoms with Crippen LogP contribution in [-0.2, 0) is 0 Å². The molecule has 0 saturated carbocycles. The van der Waals surface area contributed by atoms with Gasteiger partial charge in [-0.25, -0.2) is 9.97 Å². The number of anilines is 1. The third kappa shape index (κ3) is 1.81. The topological polar surface area (TPSA) is 44.8 Å². The van der Waals surface area contributed by atoms with Crippen molar-refractivity contribution < 1.29 is 17.6 Å². The molecule has 3 heterocycles. The first kappa shape index (κ1) is 12.5. The molecule has 0 radical (unpaired) electrons. The van der Waals surface area contributed by atoms with Crippen LogP contribution in [0.25, 0.3) is 11.0 Å². The van der Waals surface area contributed by atoms with Crippen molar-refractivity contribution in [3.8, 4) is 0 Å². The fourth-order valence-electron chi connectivity index (χ4n) is 2.05. The third-order valence-electron chi connectivity index (χ3n) is 3.02. The second-order valence-electron chi connectivity index (χ2n) is 4.34. The summed E-state index contributed by atoms with van der Waals surface area (Å²) in [5.74, 6) is -8.12. The van der Waals surface area contributed by atoms with Crippen LogP contribution in [0.3, 0.4) is 0 Å². The van der Waals surface area contributed by atoms with E-state index < -0.39 is 24.9 Å². The third-order valence-corrected chi connectivity index (χ3v) is 3.20. The van der Waals surface area contributed by atoms with Gasteiger partial charge in [-0.05, 0) is 11.6 Å². The standard InChI is InChI=1S/C10H7ClF4N4/c11-8-17-1-5-7(18-8)6(2-16-5)19-3-9(12,13)10(14,15)4-19/h1-2,16H,3-4H2. The first-order chi connectivity index (χ1) is 8.80. The van der Waals surface area contributed by atoms with E-state index in [0.29, 0.717) is 5.52 Å². The van der Waals surface area contributed by atoms with Gasteiger partial charge in [-0.3, -0.25) is 0 Å². The molecule has 0 unspecified atom stereocenters. The Kier molecular flexibility index (Phi) is 2.44. The van der Waals surface area contributed by atoms with Crippen molar-refractivity contribution in [2.24, 2.45) is 0 Å². The quantitative estimate of drug-likeness (QED) is 0.650. The van der Waals surface area contributed by atoms with E-state index in [1.165, 1.54) is 12.4 Å². The second kappa shape index (κ2) is 3.72. The summed E-state index contributed by atoms with van der Waals surface area (Å²) in [6.07, 6.45) is 2.70. The highest BCUT2D eigenvalue weighted by atomic mass is 35.5. The summed E-state index contributed by atoms with van der Waals surface area (Å²) >= 11 is 5.62. The van der Waals surface area contributed by atoms with Gasteiger partial charge in [-0.2, -0.15) is 17.6 Å². The lowest BCUT2D eigenvalue weighted by Gasteiger charge is -2.14. The highest BCUT2D eigenvalue weighted by molar-refractivity contribution is 6.28. The number of nitrogens with one attached hydrogen (secondary N) is 1. The highest BCUT2D eigenvalue weighted by Crippen LogP contribution is 2.43. The lowest BCUT2D eigenvalue weighted by Crippen LogP contribution is -2.38. The fourth-order valence-corrected chi connectivity index (χ4v) is 2.19. The Morgan fingerprint density at radius 3 is 2.47 bits per heavy atom. The normalized spacial score (nSPS) is 21.2. The van der Waals surface area contributed by atoms with Crippen LogP contribution in [-0.4, -0.2) is 39.9 Å². The van der Waals surface area contributed by atoms with E-state index in [1.807, 2.05) is 0 Å². The van der Waals surface area contributed by atoms with Gasteiger partial charge in [0.25, 0.3) is 0 Å². The van der Waals surface area contributed by atoms with Crippen molar-refractivity contribution in [2.45, 2.75) is 11.8 Å². The summed E-state index contributed by atoms with van der Waals surface area (Å²) in [4.78, 5) is 11.2. The van der Waals surface area contributed by atoms with Gasteiger partial charge in [-0.15, -0.1) is 0 Å². The van der Waals surface area contributed by atoms with Gasteiger partial charge in [0, 0.05) is 6.20 Å². The molecule has 1 N–H and O–H groups in total. The molecule has 0 spiro atoms. The van der Waals surface area contributed by atoms with E-state index in [2.05, 4.69) is 15.0 Å². The monoisotopic (exact) mass is 294 g/mol. The molecule has 1 fully saturated rings. The summed E-state index contributed by atoms with van der Waals surface area (Å²) in [6, 6.07) is 0. The molecular weight excluding hydrogens is 288 g/mol. The lowest BCUT2D eigenvalue weighted by atomic mass is 10.2. The van der Waals surface area contributed by atoms with Crippen LogP contribution in [0, 0.1) is 0 Å². The predicted octanol–water partition coefficient (Wildman–Crippen LogP) is 2.70. The molecule has 1 aliphatic rings. The Hall–Kier alpha value is -1.57. The average Bonchev–Trinajstić information content (AvgIpc) is 2.77. The maximum atomic E-state index is 13.2. The number of hydrogen-bond acceptors (Lipinski definition) is 3. The molecule has 0 bridgehead atoms. The van der Waals surface area contributed by atoms with E-state index in [4.69, 9.17) is 11.6 Å². The number of aromatic nitrogens is 3. The Bertz CT molecular complexity index is 625. The van der Waals surface area contributed by atoms with Crippen LogP contribution in [0.5, 0.6) is 0 Å². The first-order valence-electron chi connectivity index (χ1n) is 5.30. The van der Waals surface area contributed by atoms with Crippen LogP contribution in [0.1, 0.15) is 0 Å². The fraction of sp³-hybridized carbons (Fsp3) is 0.400. The molecule has 0 atom stereocenters. The molecule has 1 saturated heterocycles. The molecule has 2 aromatic rings. The van der Waals surface area contributed by atoms with Crippen molar-refractivity contribution >= 4 is 28.3 Å². The minimum Gasteiger partial charge on any atom is -0.357 e. The molecule has 3 rings (SSSR count). The molecule has 4 nitrogen and oxygen atoms in total. The summed E-state index contributed by atoms with van der Waals surface area (Å²) in [5, 5.41) is -0.0777. The predicted molar refractivity (Wildman–Crippen MR) is 61.0 cm³/mol. The van der Waals surface area contributed by atoms with Crippen molar-refractivity contribution in [3.63, 3.8) is 0 Å². The van der Waals surface area contributed by atoms with Crippen LogP contribution in [0.4, 0.5) is 23.2 Å². The zero-order valence-corrected chi connectivity index (χ0v) is 10.1. The zero-order chi connectivity index (χ0) is 13.8. The number of nitrogens with zero attached hydrogens (tertiary/aromatic N) is 3. The molecular formula is C10H7ClF4N4. The van der Waals surface area contributed by atoms with Gasteiger partial charge >= 0.3 is 11.8 Å². The van der Waals surface area contributed by atoms with Crippen molar-refractivity contribution in [2.75, 3.05) is 18.0 Å². The SMILES string of the molecule is FC1(F)CN(c2c[nH]c3cnc(Cl)nc23)CC1(F)F. The number of aromatic amines is 1. The molecule has 0 aliphatic carbocycles.